The summed E-state index contributed by atoms with van der Waals surface area (Å²) in [5.41, 5.74) is 0.797. The first-order chi connectivity index (χ1) is 7.78. The van der Waals surface area contributed by atoms with Crippen LogP contribution in [0.25, 0.3) is 0 Å². The van der Waals surface area contributed by atoms with Crippen molar-refractivity contribution in [2.45, 2.75) is 38.6 Å². The molecule has 0 aliphatic heterocycles. The van der Waals surface area contributed by atoms with Crippen LogP contribution >= 0.6 is 11.3 Å². The van der Waals surface area contributed by atoms with E-state index in [2.05, 4.69) is 10.3 Å². The normalized spacial score (nSPS) is 15.6. The van der Waals surface area contributed by atoms with Gasteiger partial charge in [-0.15, -0.1) is 11.3 Å². The lowest BCUT2D eigenvalue weighted by Crippen LogP contribution is -2.26. The number of rotatable bonds is 5. The quantitative estimate of drug-likeness (QED) is 0.802. The van der Waals surface area contributed by atoms with Gasteiger partial charge in [0.1, 0.15) is 0 Å². The molecule has 2 rings (SSSR count). The Morgan fingerprint density at radius 1 is 1.69 bits per heavy atom. The van der Waals surface area contributed by atoms with Crippen LogP contribution in [0.5, 0.6) is 0 Å². The van der Waals surface area contributed by atoms with Gasteiger partial charge in [-0.1, -0.05) is 0 Å². The minimum Gasteiger partial charge on any atom is -0.466 e. The molecule has 1 saturated carbocycles. The van der Waals surface area contributed by atoms with E-state index in [0.717, 1.165) is 10.8 Å². The highest BCUT2D eigenvalue weighted by Gasteiger charge is 2.18. The molecule has 0 amide bonds. The predicted octanol–water partition coefficient (Wildman–Crippen LogP) is 2.21. The third kappa shape index (κ3) is 2.95. The summed E-state index contributed by atoms with van der Waals surface area (Å²) in [6, 6.07) is 0.585. The molecule has 0 atom stereocenters. The van der Waals surface area contributed by atoms with Crippen LogP contribution in [0.1, 0.15) is 31.9 Å². The Balaban J connectivity index is 1.83. The van der Waals surface area contributed by atoms with Gasteiger partial charge in [-0.25, -0.2) is 4.98 Å². The van der Waals surface area contributed by atoms with Crippen molar-refractivity contribution >= 4 is 22.4 Å². The Bertz CT molecular complexity index is 361. The number of esters is 1. The van der Waals surface area contributed by atoms with Crippen LogP contribution < -0.4 is 5.32 Å². The van der Waals surface area contributed by atoms with Crippen molar-refractivity contribution in [1.29, 1.82) is 0 Å². The van der Waals surface area contributed by atoms with Gasteiger partial charge in [-0.2, -0.15) is 0 Å². The second-order valence-electron chi connectivity index (χ2n) is 3.90. The van der Waals surface area contributed by atoms with Gasteiger partial charge in [0.25, 0.3) is 0 Å². The number of nitrogens with one attached hydrogen (secondary N) is 1. The third-order valence-corrected chi connectivity index (χ3v) is 3.44. The Hall–Kier alpha value is -1.10. The smallest absolute Gasteiger partial charge is 0.311 e. The molecule has 0 aromatic carbocycles. The molecule has 0 radical (unpaired) electrons. The fourth-order valence-electron chi connectivity index (χ4n) is 1.54. The molecule has 0 saturated heterocycles. The first-order valence-electron chi connectivity index (χ1n) is 5.64. The van der Waals surface area contributed by atoms with Crippen molar-refractivity contribution in [3.05, 3.63) is 11.1 Å². The zero-order chi connectivity index (χ0) is 11.4. The third-order valence-electron chi connectivity index (χ3n) is 2.62. The number of anilines is 1. The zero-order valence-electron chi connectivity index (χ0n) is 9.36. The van der Waals surface area contributed by atoms with Crippen LogP contribution in [-0.2, 0) is 16.0 Å². The van der Waals surface area contributed by atoms with Crippen molar-refractivity contribution in [3.8, 4) is 0 Å². The van der Waals surface area contributed by atoms with Gasteiger partial charge >= 0.3 is 5.97 Å². The maximum Gasteiger partial charge on any atom is 0.311 e. The monoisotopic (exact) mass is 240 g/mol. The van der Waals surface area contributed by atoms with Crippen molar-refractivity contribution < 1.29 is 9.53 Å². The van der Waals surface area contributed by atoms with E-state index in [1.54, 1.807) is 11.3 Å². The van der Waals surface area contributed by atoms with Gasteiger partial charge in [-0.3, -0.25) is 4.79 Å². The SMILES string of the molecule is CCOC(=O)Cc1csc(NC2CCC2)n1. The summed E-state index contributed by atoms with van der Waals surface area (Å²) in [7, 11) is 0. The van der Waals surface area contributed by atoms with Crippen molar-refractivity contribution in [1.82, 2.24) is 4.98 Å². The van der Waals surface area contributed by atoms with E-state index in [0.29, 0.717) is 12.6 Å². The molecular formula is C11H16N2O2S. The highest BCUT2D eigenvalue weighted by Crippen LogP contribution is 2.25. The van der Waals surface area contributed by atoms with Crippen molar-refractivity contribution in [2.75, 3.05) is 11.9 Å². The summed E-state index contributed by atoms with van der Waals surface area (Å²) < 4.78 is 4.87. The van der Waals surface area contributed by atoms with E-state index < -0.39 is 0 Å². The van der Waals surface area contributed by atoms with Crippen LogP contribution in [0.2, 0.25) is 0 Å². The molecule has 1 heterocycles. The summed E-state index contributed by atoms with van der Waals surface area (Å²) in [4.78, 5) is 15.6. The van der Waals surface area contributed by atoms with Gasteiger partial charge in [0.2, 0.25) is 0 Å². The van der Waals surface area contributed by atoms with Crippen molar-refractivity contribution in [3.63, 3.8) is 0 Å². The predicted molar refractivity (Wildman–Crippen MR) is 63.7 cm³/mol. The van der Waals surface area contributed by atoms with E-state index in [1.165, 1.54) is 19.3 Å². The van der Waals surface area contributed by atoms with E-state index in [1.807, 2.05) is 12.3 Å². The van der Waals surface area contributed by atoms with Crippen LogP contribution in [0.3, 0.4) is 0 Å². The highest BCUT2D eigenvalue weighted by atomic mass is 32.1. The Labute approximate surface area is 99.0 Å². The largest absolute Gasteiger partial charge is 0.466 e. The summed E-state index contributed by atoms with van der Waals surface area (Å²) in [5.74, 6) is -0.206. The van der Waals surface area contributed by atoms with Gasteiger partial charge < -0.3 is 10.1 Å². The number of thiazole rings is 1. The molecule has 1 aliphatic rings. The number of nitrogens with zero attached hydrogens (tertiary/aromatic N) is 1. The minimum absolute atomic E-state index is 0.206. The van der Waals surface area contributed by atoms with Gasteiger partial charge in [0, 0.05) is 11.4 Å². The number of hydrogen-bond acceptors (Lipinski definition) is 5. The Kier molecular flexibility index (Phi) is 3.77. The average Bonchev–Trinajstić information content (AvgIpc) is 2.60. The lowest BCUT2D eigenvalue weighted by molar-refractivity contribution is -0.142. The Morgan fingerprint density at radius 3 is 3.12 bits per heavy atom. The lowest BCUT2D eigenvalue weighted by Gasteiger charge is -2.25. The molecule has 1 aliphatic carbocycles. The van der Waals surface area contributed by atoms with Gasteiger partial charge in [0.05, 0.1) is 18.7 Å². The Morgan fingerprint density at radius 2 is 2.50 bits per heavy atom. The molecule has 5 heteroatoms. The average molecular weight is 240 g/mol. The van der Waals surface area contributed by atoms with Crippen LogP contribution in [0.15, 0.2) is 5.38 Å². The summed E-state index contributed by atoms with van der Waals surface area (Å²) in [6.07, 6.45) is 4.04. The number of ether oxygens (including phenoxy) is 1. The van der Waals surface area contributed by atoms with E-state index >= 15 is 0 Å². The number of hydrogen-bond donors (Lipinski definition) is 1. The fourth-order valence-corrected chi connectivity index (χ4v) is 2.33. The minimum atomic E-state index is -0.206. The number of aromatic nitrogens is 1. The number of carbonyl (C=O) groups is 1. The van der Waals surface area contributed by atoms with Gasteiger partial charge in [-0.05, 0) is 26.2 Å². The molecule has 88 valence electrons. The fraction of sp³-hybridized carbons (Fsp3) is 0.636. The molecule has 1 aromatic heterocycles. The molecule has 1 N–H and O–H groups in total. The van der Waals surface area contributed by atoms with Gasteiger partial charge in [0.15, 0.2) is 5.13 Å². The molecule has 1 fully saturated rings. The highest BCUT2D eigenvalue weighted by molar-refractivity contribution is 7.13. The summed E-state index contributed by atoms with van der Waals surface area (Å²) >= 11 is 1.56. The second-order valence-corrected chi connectivity index (χ2v) is 4.76. The van der Waals surface area contributed by atoms with Crippen LogP contribution in [0, 0.1) is 0 Å². The number of carbonyl (C=O) groups excluding carboxylic acids is 1. The molecule has 4 nitrogen and oxygen atoms in total. The summed E-state index contributed by atoms with van der Waals surface area (Å²) in [5, 5.41) is 6.19. The molecule has 16 heavy (non-hydrogen) atoms. The first-order valence-corrected chi connectivity index (χ1v) is 6.52. The molecule has 1 aromatic rings. The summed E-state index contributed by atoms with van der Waals surface area (Å²) in [6.45, 7) is 2.23. The molecular weight excluding hydrogens is 224 g/mol. The second kappa shape index (κ2) is 5.30. The molecule has 0 bridgehead atoms. The van der Waals surface area contributed by atoms with E-state index in [9.17, 15) is 4.79 Å². The molecule has 0 spiro atoms. The molecule has 0 unspecified atom stereocenters. The first kappa shape index (κ1) is 11.4. The standard InChI is InChI=1S/C11H16N2O2S/c1-2-15-10(14)6-9-7-16-11(13-9)12-8-4-3-5-8/h7-8H,2-6H2,1H3,(H,12,13). The van der Waals surface area contributed by atoms with Crippen LogP contribution in [0.4, 0.5) is 5.13 Å². The topological polar surface area (TPSA) is 51.2 Å². The zero-order valence-corrected chi connectivity index (χ0v) is 10.2. The van der Waals surface area contributed by atoms with E-state index in [4.69, 9.17) is 4.74 Å². The van der Waals surface area contributed by atoms with Crippen LogP contribution in [-0.4, -0.2) is 23.6 Å². The lowest BCUT2D eigenvalue weighted by atomic mass is 9.93. The van der Waals surface area contributed by atoms with E-state index in [-0.39, 0.29) is 12.4 Å². The maximum absolute atomic E-state index is 11.2. The van der Waals surface area contributed by atoms with Crippen molar-refractivity contribution in [2.24, 2.45) is 0 Å². The maximum atomic E-state index is 11.2.